The molecule has 2 amide bonds. The molecule has 0 bridgehead atoms. The van der Waals surface area contributed by atoms with Gasteiger partial charge in [0.1, 0.15) is 23.1 Å². The SMILES string of the molecule is C[C@]12C(=O)Nc3nc(-c4nn(CCC(F)(F)C(F)(F)F)c5ncc(F)cc45)nc(c31)NC(=O)C2(F)F. The first-order valence-electron chi connectivity index (χ1n) is 9.98. The van der Waals surface area contributed by atoms with E-state index in [2.05, 4.69) is 25.4 Å². The summed E-state index contributed by atoms with van der Waals surface area (Å²) in [4.78, 5) is 36.1. The summed E-state index contributed by atoms with van der Waals surface area (Å²) in [5.41, 5.74) is -3.73. The van der Waals surface area contributed by atoms with Crippen LogP contribution in [-0.4, -0.2) is 54.6 Å². The van der Waals surface area contributed by atoms with Gasteiger partial charge in [0.05, 0.1) is 17.1 Å². The highest BCUT2D eigenvalue weighted by atomic mass is 19.4. The van der Waals surface area contributed by atoms with Gasteiger partial charge in [-0.1, -0.05) is 0 Å². The lowest BCUT2D eigenvalue weighted by Crippen LogP contribution is -2.58. The minimum absolute atomic E-state index is 0.211. The molecule has 36 heavy (non-hydrogen) atoms. The van der Waals surface area contributed by atoms with Crippen molar-refractivity contribution in [1.29, 1.82) is 0 Å². The second kappa shape index (κ2) is 7.07. The molecule has 9 nitrogen and oxygen atoms in total. The van der Waals surface area contributed by atoms with E-state index in [1.807, 2.05) is 5.32 Å². The Labute approximate surface area is 193 Å². The molecular formula is C19H11F8N7O2. The van der Waals surface area contributed by atoms with E-state index in [0.29, 0.717) is 10.9 Å². The van der Waals surface area contributed by atoms with Gasteiger partial charge in [-0.3, -0.25) is 9.59 Å². The fraction of sp³-hybridized carbons (Fsp3) is 0.368. The number of hydrogen-bond acceptors (Lipinski definition) is 6. The highest BCUT2D eigenvalue weighted by Gasteiger charge is 2.69. The van der Waals surface area contributed by atoms with Crippen molar-refractivity contribution in [2.45, 2.75) is 43.3 Å². The van der Waals surface area contributed by atoms with Crippen LogP contribution in [0.1, 0.15) is 18.9 Å². The average molecular weight is 521 g/mol. The maximum atomic E-state index is 14.6. The normalized spacial score (nSPS) is 20.9. The Morgan fingerprint density at radius 2 is 1.64 bits per heavy atom. The van der Waals surface area contributed by atoms with Crippen molar-refractivity contribution in [3.8, 4) is 11.5 Å². The fourth-order valence-electron chi connectivity index (χ4n) is 4.02. The topological polar surface area (TPSA) is 115 Å². The highest BCUT2D eigenvalue weighted by molar-refractivity contribution is 6.16. The van der Waals surface area contributed by atoms with Crippen LogP contribution in [0.2, 0.25) is 0 Å². The number of halogens is 8. The van der Waals surface area contributed by atoms with Crippen LogP contribution in [0.3, 0.4) is 0 Å². The van der Waals surface area contributed by atoms with Gasteiger partial charge in [-0.2, -0.15) is 35.8 Å². The van der Waals surface area contributed by atoms with Gasteiger partial charge < -0.3 is 10.6 Å². The van der Waals surface area contributed by atoms with Crippen LogP contribution < -0.4 is 10.6 Å². The maximum Gasteiger partial charge on any atom is 0.453 e. The van der Waals surface area contributed by atoms with Crippen LogP contribution in [0.25, 0.3) is 22.6 Å². The predicted octanol–water partition coefficient (Wildman–Crippen LogP) is 3.41. The second-order valence-electron chi connectivity index (χ2n) is 8.28. The molecule has 0 unspecified atom stereocenters. The van der Waals surface area contributed by atoms with Crippen molar-refractivity contribution < 1.29 is 44.7 Å². The van der Waals surface area contributed by atoms with Crippen LogP contribution in [-0.2, 0) is 21.5 Å². The molecule has 0 radical (unpaired) electrons. The van der Waals surface area contributed by atoms with Crippen LogP contribution in [0.4, 0.5) is 46.8 Å². The van der Waals surface area contributed by atoms with Gasteiger partial charge in [0.25, 0.3) is 5.91 Å². The van der Waals surface area contributed by atoms with Gasteiger partial charge in [0.15, 0.2) is 16.9 Å². The number of anilines is 2. The zero-order chi connectivity index (χ0) is 26.4. The molecule has 3 aromatic heterocycles. The largest absolute Gasteiger partial charge is 0.453 e. The quantitative estimate of drug-likeness (QED) is 0.509. The third-order valence-electron chi connectivity index (χ3n) is 6.06. The van der Waals surface area contributed by atoms with Crippen LogP contribution in [0.5, 0.6) is 0 Å². The molecule has 0 fully saturated rings. The highest BCUT2D eigenvalue weighted by Crippen LogP contribution is 2.53. The molecule has 5 rings (SSSR count). The molecule has 190 valence electrons. The van der Waals surface area contributed by atoms with Crippen LogP contribution in [0, 0.1) is 5.82 Å². The third-order valence-corrected chi connectivity index (χ3v) is 6.06. The number of rotatable bonds is 4. The van der Waals surface area contributed by atoms with E-state index in [-0.39, 0.29) is 16.7 Å². The minimum Gasteiger partial charge on any atom is -0.309 e. The summed E-state index contributed by atoms with van der Waals surface area (Å²) >= 11 is 0. The molecule has 3 aromatic rings. The van der Waals surface area contributed by atoms with E-state index in [4.69, 9.17) is 0 Å². The molecule has 0 saturated heterocycles. The number of carbonyl (C=O) groups is 2. The lowest BCUT2D eigenvalue weighted by atomic mass is 9.75. The Bertz CT molecular complexity index is 1470. The summed E-state index contributed by atoms with van der Waals surface area (Å²) in [7, 11) is 0. The van der Waals surface area contributed by atoms with E-state index >= 15 is 0 Å². The number of nitrogens with zero attached hydrogens (tertiary/aromatic N) is 5. The van der Waals surface area contributed by atoms with Crippen molar-refractivity contribution in [2.24, 2.45) is 0 Å². The number of fused-ring (bicyclic) bond motifs is 1. The van der Waals surface area contributed by atoms with Gasteiger partial charge in [-0.15, -0.1) is 0 Å². The molecule has 2 aliphatic heterocycles. The van der Waals surface area contributed by atoms with Crippen LogP contribution in [0.15, 0.2) is 12.3 Å². The van der Waals surface area contributed by atoms with Crippen molar-refractivity contribution in [1.82, 2.24) is 24.7 Å². The molecule has 0 aromatic carbocycles. The van der Waals surface area contributed by atoms with Crippen LogP contribution >= 0.6 is 0 Å². The summed E-state index contributed by atoms with van der Waals surface area (Å²) in [6.45, 7) is -0.180. The number of carbonyl (C=O) groups excluding carboxylic acids is 2. The molecule has 2 aliphatic rings. The molecule has 0 saturated carbocycles. The Balaban J connectivity index is 1.65. The van der Waals surface area contributed by atoms with Gasteiger partial charge in [-0.05, 0) is 13.0 Å². The summed E-state index contributed by atoms with van der Waals surface area (Å²) < 4.78 is 108. The van der Waals surface area contributed by atoms with E-state index < -0.39 is 77.1 Å². The summed E-state index contributed by atoms with van der Waals surface area (Å²) in [6.07, 6.45) is -6.87. The monoisotopic (exact) mass is 521 g/mol. The number of hydrogen-bond donors (Lipinski definition) is 2. The van der Waals surface area contributed by atoms with E-state index in [9.17, 15) is 44.7 Å². The van der Waals surface area contributed by atoms with Crippen molar-refractivity contribution >= 4 is 34.5 Å². The zero-order valence-corrected chi connectivity index (χ0v) is 17.6. The summed E-state index contributed by atoms with van der Waals surface area (Å²) in [6, 6.07) is 0.834. The predicted molar refractivity (Wildman–Crippen MR) is 104 cm³/mol. The number of aromatic nitrogens is 5. The number of aryl methyl sites for hydroxylation is 1. The lowest BCUT2D eigenvalue weighted by molar-refractivity contribution is -0.285. The molecule has 2 N–H and O–H groups in total. The number of nitrogens with one attached hydrogen (secondary N) is 2. The minimum atomic E-state index is -5.82. The maximum absolute atomic E-state index is 14.6. The Kier molecular flexibility index (Phi) is 4.67. The standard InChI is InChI=1S/C19H11F8N7O2/c1-16-8-10(31-14(16)35)29-12(30-11(8)32-15(36)18(16,23)24)9-7-4-6(20)5-28-13(7)34(33-9)3-2-17(21,22)19(25,26)27/h4-5H,2-3H2,1H3,(H2,29,30,31,32,35,36)/t16-/m1/s1. The van der Waals surface area contributed by atoms with E-state index in [1.54, 1.807) is 0 Å². The molecular weight excluding hydrogens is 510 g/mol. The molecule has 17 heteroatoms. The molecule has 5 heterocycles. The Hall–Kier alpha value is -3.92. The van der Waals surface area contributed by atoms with Gasteiger partial charge >= 0.3 is 18.0 Å². The average Bonchev–Trinajstić information content (AvgIpc) is 3.25. The first kappa shape index (κ1) is 23.8. The van der Waals surface area contributed by atoms with Crippen molar-refractivity contribution in [3.05, 3.63) is 23.6 Å². The fourth-order valence-corrected chi connectivity index (χ4v) is 4.02. The third kappa shape index (κ3) is 3.07. The van der Waals surface area contributed by atoms with E-state index in [0.717, 1.165) is 13.0 Å². The molecule has 1 atom stereocenters. The lowest BCUT2D eigenvalue weighted by Gasteiger charge is -2.35. The van der Waals surface area contributed by atoms with Gasteiger partial charge in [0, 0.05) is 13.0 Å². The number of amides is 2. The summed E-state index contributed by atoms with van der Waals surface area (Å²) in [5.74, 6) is -14.6. The zero-order valence-electron chi connectivity index (χ0n) is 17.6. The van der Waals surface area contributed by atoms with Gasteiger partial charge in [0.2, 0.25) is 5.91 Å². The van der Waals surface area contributed by atoms with Gasteiger partial charge in [-0.25, -0.2) is 24.0 Å². The van der Waals surface area contributed by atoms with Crippen molar-refractivity contribution in [2.75, 3.05) is 10.6 Å². The Morgan fingerprint density at radius 1 is 1.03 bits per heavy atom. The number of alkyl halides is 7. The first-order valence-corrected chi connectivity index (χ1v) is 9.98. The second-order valence-corrected chi connectivity index (χ2v) is 8.28. The van der Waals surface area contributed by atoms with Crippen molar-refractivity contribution in [3.63, 3.8) is 0 Å². The van der Waals surface area contributed by atoms with E-state index in [1.165, 1.54) is 0 Å². The molecule has 0 aliphatic carbocycles. The molecule has 0 spiro atoms. The number of pyridine rings is 1. The smallest absolute Gasteiger partial charge is 0.309 e. The summed E-state index contributed by atoms with van der Waals surface area (Å²) in [5, 5.41) is 7.67. The first-order chi connectivity index (χ1) is 16.6. The Morgan fingerprint density at radius 3 is 2.25 bits per heavy atom.